The molecule has 0 radical (unpaired) electrons. The first-order chi connectivity index (χ1) is 14.2. The number of hydrogen-bond donors (Lipinski definition) is 2. The van der Waals surface area contributed by atoms with Gasteiger partial charge in [-0.3, -0.25) is 9.59 Å². The van der Waals surface area contributed by atoms with Crippen LogP contribution in [0.5, 0.6) is 5.88 Å². The van der Waals surface area contributed by atoms with E-state index in [0.717, 1.165) is 0 Å². The summed E-state index contributed by atoms with van der Waals surface area (Å²) in [6.07, 6.45) is 1.12. The standard InChI is InChI=1S/C20H28N6O4/c1-20(2,3)17(19(29)25-10-12(27)9-15(25)18(28)21-4)26-11-14(23-24-26)13-7-6-8-16(22-13)30-5/h6-8,11-12,15,17,27H,9-10H2,1-5H3,(H,21,28)/t12?,15-,17?/m1/s1. The molecular weight excluding hydrogens is 388 g/mol. The summed E-state index contributed by atoms with van der Waals surface area (Å²) in [6.45, 7) is 5.86. The van der Waals surface area contributed by atoms with Crippen LogP contribution in [0.3, 0.4) is 0 Å². The minimum atomic E-state index is -0.746. The van der Waals surface area contributed by atoms with E-state index in [-0.39, 0.29) is 24.8 Å². The minimum Gasteiger partial charge on any atom is -0.481 e. The molecule has 2 aromatic heterocycles. The van der Waals surface area contributed by atoms with Gasteiger partial charge in [0, 0.05) is 26.1 Å². The summed E-state index contributed by atoms with van der Waals surface area (Å²) < 4.78 is 6.66. The van der Waals surface area contributed by atoms with Crippen molar-refractivity contribution in [2.45, 2.75) is 45.4 Å². The predicted octanol–water partition coefficient (Wildman–Crippen LogP) is 0.644. The quantitative estimate of drug-likeness (QED) is 0.733. The normalized spacial score (nSPS) is 20.1. The van der Waals surface area contributed by atoms with Crippen LogP contribution in [-0.2, 0) is 9.59 Å². The molecule has 0 aromatic carbocycles. The predicted molar refractivity (Wildman–Crippen MR) is 108 cm³/mol. The smallest absolute Gasteiger partial charge is 0.248 e. The van der Waals surface area contributed by atoms with Crippen LogP contribution in [0.2, 0.25) is 0 Å². The molecule has 0 spiro atoms. The largest absolute Gasteiger partial charge is 0.481 e. The van der Waals surface area contributed by atoms with E-state index in [0.29, 0.717) is 17.3 Å². The number of amides is 2. The zero-order valence-electron chi connectivity index (χ0n) is 17.9. The van der Waals surface area contributed by atoms with Crippen LogP contribution in [0.1, 0.15) is 33.2 Å². The number of hydrogen-bond acceptors (Lipinski definition) is 7. The number of carbonyl (C=O) groups excluding carboxylic acids is 2. The van der Waals surface area contributed by atoms with E-state index < -0.39 is 23.6 Å². The fourth-order valence-corrected chi connectivity index (χ4v) is 3.70. The van der Waals surface area contributed by atoms with Crippen LogP contribution in [0.4, 0.5) is 0 Å². The second-order valence-corrected chi connectivity index (χ2v) is 8.43. The Morgan fingerprint density at radius 2 is 2.03 bits per heavy atom. The van der Waals surface area contributed by atoms with Gasteiger partial charge in [0.05, 0.1) is 25.1 Å². The maximum Gasteiger partial charge on any atom is 0.248 e. The maximum atomic E-state index is 13.5. The SMILES string of the molecule is CNC(=O)[C@H]1CC(O)CN1C(=O)C(n1cc(-c2cccc(OC)n2)nn1)C(C)(C)C. The number of likely N-dealkylation sites (N-methyl/N-ethyl adjacent to an activating group) is 1. The zero-order valence-corrected chi connectivity index (χ0v) is 17.9. The average Bonchev–Trinajstić information content (AvgIpc) is 3.33. The molecule has 1 saturated heterocycles. The third-order valence-corrected chi connectivity index (χ3v) is 5.14. The highest BCUT2D eigenvalue weighted by molar-refractivity contribution is 5.90. The van der Waals surface area contributed by atoms with E-state index >= 15 is 0 Å². The highest BCUT2D eigenvalue weighted by Gasteiger charge is 2.45. The topological polar surface area (TPSA) is 122 Å². The Morgan fingerprint density at radius 3 is 2.67 bits per heavy atom. The number of aliphatic hydroxyl groups excluding tert-OH is 1. The number of methoxy groups -OCH3 is 1. The zero-order chi connectivity index (χ0) is 22.1. The fraction of sp³-hybridized carbons (Fsp3) is 0.550. The third-order valence-electron chi connectivity index (χ3n) is 5.14. The number of nitrogens with zero attached hydrogens (tertiary/aromatic N) is 5. The fourth-order valence-electron chi connectivity index (χ4n) is 3.70. The lowest BCUT2D eigenvalue weighted by atomic mass is 9.85. The molecule has 2 aromatic rings. The van der Waals surface area contributed by atoms with Gasteiger partial charge in [0.1, 0.15) is 17.8 Å². The van der Waals surface area contributed by atoms with Crippen LogP contribution in [-0.4, -0.2) is 74.6 Å². The van der Waals surface area contributed by atoms with Crippen LogP contribution >= 0.6 is 0 Å². The van der Waals surface area contributed by atoms with Gasteiger partial charge in [0.15, 0.2) is 0 Å². The third kappa shape index (κ3) is 4.28. The minimum absolute atomic E-state index is 0.0997. The van der Waals surface area contributed by atoms with Gasteiger partial charge in [-0.25, -0.2) is 9.67 Å². The van der Waals surface area contributed by atoms with Gasteiger partial charge in [-0.15, -0.1) is 5.10 Å². The van der Waals surface area contributed by atoms with Crippen molar-refractivity contribution in [3.8, 4) is 17.3 Å². The molecule has 10 heteroatoms. The molecule has 30 heavy (non-hydrogen) atoms. The number of nitrogens with one attached hydrogen (secondary N) is 1. The van der Waals surface area contributed by atoms with E-state index in [9.17, 15) is 14.7 Å². The highest BCUT2D eigenvalue weighted by atomic mass is 16.5. The molecule has 0 saturated carbocycles. The van der Waals surface area contributed by atoms with Gasteiger partial charge >= 0.3 is 0 Å². The first-order valence-electron chi connectivity index (χ1n) is 9.79. The number of pyridine rings is 1. The molecule has 162 valence electrons. The van der Waals surface area contributed by atoms with E-state index in [2.05, 4.69) is 20.6 Å². The van der Waals surface area contributed by atoms with Crippen molar-refractivity contribution in [1.82, 2.24) is 30.2 Å². The Morgan fingerprint density at radius 1 is 1.30 bits per heavy atom. The van der Waals surface area contributed by atoms with Crippen molar-refractivity contribution in [2.24, 2.45) is 5.41 Å². The Kier molecular flexibility index (Phi) is 6.06. The lowest BCUT2D eigenvalue weighted by molar-refractivity contribution is -0.144. The van der Waals surface area contributed by atoms with Crippen molar-refractivity contribution in [3.63, 3.8) is 0 Å². The van der Waals surface area contributed by atoms with Gasteiger partial charge in [-0.2, -0.15) is 0 Å². The first-order valence-corrected chi connectivity index (χ1v) is 9.79. The van der Waals surface area contributed by atoms with Crippen LogP contribution in [0.25, 0.3) is 11.4 Å². The van der Waals surface area contributed by atoms with Crippen molar-refractivity contribution in [3.05, 3.63) is 24.4 Å². The summed E-state index contributed by atoms with van der Waals surface area (Å²) in [5.74, 6) is -0.139. The Bertz CT molecular complexity index is 922. The lowest BCUT2D eigenvalue weighted by Crippen LogP contribution is -2.49. The molecule has 3 heterocycles. The summed E-state index contributed by atoms with van der Waals surface area (Å²) in [6, 6.07) is 3.87. The van der Waals surface area contributed by atoms with Crippen molar-refractivity contribution in [1.29, 1.82) is 0 Å². The molecule has 1 fully saturated rings. The Labute approximate surface area is 175 Å². The summed E-state index contributed by atoms with van der Waals surface area (Å²) in [7, 11) is 3.05. The number of β-amino-alcohol motifs (C(OH)–C–C–N with tert-alkyl or cyclic N) is 1. The number of aliphatic hydroxyl groups is 1. The average molecular weight is 416 g/mol. The van der Waals surface area contributed by atoms with Crippen LogP contribution < -0.4 is 10.1 Å². The summed E-state index contributed by atoms with van der Waals surface area (Å²) >= 11 is 0. The molecule has 3 atom stereocenters. The number of carbonyl (C=O) groups is 2. The molecule has 0 bridgehead atoms. The lowest BCUT2D eigenvalue weighted by Gasteiger charge is -2.34. The molecule has 2 N–H and O–H groups in total. The molecule has 2 amide bonds. The van der Waals surface area contributed by atoms with Gasteiger partial charge in [-0.1, -0.05) is 32.1 Å². The molecular formula is C20H28N6O4. The van der Waals surface area contributed by atoms with Crippen molar-refractivity contribution >= 4 is 11.8 Å². The van der Waals surface area contributed by atoms with Gasteiger partial charge in [0.25, 0.3) is 0 Å². The van der Waals surface area contributed by atoms with E-state index in [1.54, 1.807) is 24.4 Å². The summed E-state index contributed by atoms with van der Waals surface area (Å²) in [5, 5.41) is 21.0. The molecule has 3 rings (SSSR count). The molecule has 10 nitrogen and oxygen atoms in total. The number of ether oxygens (including phenoxy) is 1. The molecule has 1 aliphatic rings. The van der Waals surface area contributed by atoms with Crippen LogP contribution in [0, 0.1) is 5.41 Å². The van der Waals surface area contributed by atoms with Gasteiger partial charge in [0.2, 0.25) is 17.7 Å². The summed E-state index contributed by atoms with van der Waals surface area (Å²) in [4.78, 5) is 31.6. The van der Waals surface area contributed by atoms with Gasteiger partial charge < -0.3 is 20.1 Å². The maximum absolute atomic E-state index is 13.5. The first kappa shape index (κ1) is 21.7. The number of likely N-dealkylation sites (tertiary alicyclic amines) is 1. The highest BCUT2D eigenvalue weighted by Crippen LogP contribution is 2.34. The second kappa shape index (κ2) is 8.39. The second-order valence-electron chi connectivity index (χ2n) is 8.43. The number of rotatable bonds is 5. The number of aromatic nitrogens is 4. The van der Waals surface area contributed by atoms with Crippen molar-refractivity contribution in [2.75, 3.05) is 20.7 Å². The summed E-state index contributed by atoms with van der Waals surface area (Å²) in [5.41, 5.74) is 0.547. The molecule has 0 aliphatic carbocycles. The van der Waals surface area contributed by atoms with E-state index in [1.165, 1.54) is 23.7 Å². The van der Waals surface area contributed by atoms with Gasteiger partial charge in [-0.05, 0) is 11.5 Å². The monoisotopic (exact) mass is 416 g/mol. The van der Waals surface area contributed by atoms with E-state index in [1.807, 2.05) is 20.8 Å². The van der Waals surface area contributed by atoms with Crippen molar-refractivity contribution < 1.29 is 19.4 Å². The Hall–Kier alpha value is -3.01. The van der Waals surface area contributed by atoms with Crippen LogP contribution in [0.15, 0.2) is 24.4 Å². The Balaban J connectivity index is 1.95. The van der Waals surface area contributed by atoms with E-state index in [4.69, 9.17) is 4.74 Å². The molecule has 2 unspecified atom stereocenters. The molecule has 1 aliphatic heterocycles.